The lowest BCUT2D eigenvalue weighted by Crippen LogP contribution is -2.45. The fraction of sp³-hybridized carbons (Fsp3) is 0.423. The number of rotatable bonds is 4. The van der Waals surface area contributed by atoms with Crippen LogP contribution in [0, 0.1) is 0 Å². The molecule has 0 atom stereocenters. The van der Waals surface area contributed by atoms with Crippen molar-refractivity contribution in [2.75, 3.05) is 33.0 Å². The summed E-state index contributed by atoms with van der Waals surface area (Å²) in [5, 5.41) is 1.04. The highest BCUT2D eigenvalue weighted by Gasteiger charge is 2.21. The van der Waals surface area contributed by atoms with Crippen LogP contribution in [0.1, 0.15) is 37.5 Å². The number of piperazine rings is 1. The molecule has 3 aromatic rings. The van der Waals surface area contributed by atoms with Gasteiger partial charge in [-0.15, -0.1) is 0 Å². The summed E-state index contributed by atoms with van der Waals surface area (Å²) in [6.45, 7) is 12.5. The van der Waals surface area contributed by atoms with E-state index < -0.39 is 0 Å². The molecular formula is C26H30N2O4. The van der Waals surface area contributed by atoms with Gasteiger partial charge in [0.25, 0.3) is 0 Å². The predicted octanol–water partition coefficient (Wildman–Crippen LogP) is 4.14. The molecule has 168 valence electrons. The molecule has 0 saturated carbocycles. The van der Waals surface area contributed by atoms with Crippen molar-refractivity contribution in [3.63, 3.8) is 0 Å². The molecule has 1 aromatic heterocycles. The lowest BCUT2D eigenvalue weighted by atomic mass is 9.86. The van der Waals surface area contributed by atoms with Crippen molar-refractivity contribution in [2.24, 2.45) is 0 Å². The molecule has 0 unspecified atom stereocenters. The van der Waals surface area contributed by atoms with E-state index in [1.807, 2.05) is 12.1 Å². The van der Waals surface area contributed by atoms with Crippen LogP contribution in [0.5, 0.6) is 11.5 Å². The van der Waals surface area contributed by atoms with Gasteiger partial charge in [-0.25, -0.2) is 4.79 Å². The fourth-order valence-electron chi connectivity index (χ4n) is 4.47. The predicted molar refractivity (Wildman–Crippen MR) is 124 cm³/mol. The van der Waals surface area contributed by atoms with Crippen LogP contribution in [-0.4, -0.2) is 42.8 Å². The van der Waals surface area contributed by atoms with Crippen LogP contribution >= 0.6 is 0 Å². The van der Waals surface area contributed by atoms with Crippen LogP contribution in [-0.2, 0) is 18.5 Å². The first-order chi connectivity index (χ1) is 15.3. The first-order valence-corrected chi connectivity index (χ1v) is 11.3. The van der Waals surface area contributed by atoms with E-state index in [1.54, 1.807) is 6.07 Å². The normalized spacial score (nSPS) is 17.2. The number of nitrogens with zero attached hydrogens (tertiary/aromatic N) is 2. The standard InChI is InChI=1S/C26H30N2O4/c1-26(2,3)20-5-7-22-21(14-20)19(13-25(29)32-22)16-28-10-8-27(9-11-28)15-18-4-6-23-24(12-18)31-17-30-23/h4-7,12-14H,8-11,15-17H2,1-3H3. The molecule has 32 heavy (non-hydrogen) atoms. The molecule has 0 aliphatic carbocycles. The Morgan fingerprint density at radius 2 is 1.56 bits per heavy atom. The first kappa shape index (κ1) is 21.0. The Morgan fingerprint density at radius 3 is 2.31 bits per heavy atom. The molecule has 6 nitrogen and oxygen atoms in total. The zero-order valence-electron chi connectivity index (χ0n) is 19.0. The van der Waals surface area contributed by atoms with E-state index in [1.165, 1.54) is 11.1 Å². The Morgan fingerprint density at radius 1 is 0.844 bits per heavy atom. The van der Waals surface area contributed by atoms with E-state index in [0.717, 1.165) is 61.7 Å². The zero-order chi connectivity index (χ0) is 22.3. The van der Waals surface area contributed by atoms with Gasteiger partial charge < -0.3 is 13.9 Å². The van der Waals surface area contributed by atoms with Gasteiger partial charge in [-0.2, -0.15) is 0 Å². The third-order valence-corrected chi connectivity index (χ3v) is 6.40. The third-order valence-electron chi connectivity index (χ3n) is 6.40. The van der Waals surface area contributed by atoms with Gasteiger partial charge in [-0.05, 0) is 46.4 Å². The smallest absolute Gasteiger partial charge is 0.336 e. The highest BCUT2D eigenvalue weighted by Crippen LogP contribution is 2.33. The molecule has 0 bridgehead atoms. The quantitative estimate of drug-likeness (QED) is 0.576. The molecule has 0 amide bonds. The van der Waals surface area contributed by atoms with Gasteiger partial charge >= 0.3 is 5.63 Å². The van der Waals surface area contributed by atoms with Gasteiger partial charge in [0.05, 0.1) is 0 Å². The molecule has 1 fully saturated rings. The highest BCUT2D eigenvalue weighted by atomic mass is 16.7. The first-order valence-electron chi connectivity index (χ1n) is 11.3. The summed E-state index contributed by atoms with van der Waals surface area (Å²) in [5.41, 5.74) is 3.96. The number of hydrogen-bond acceptors (Lipinski definition) is 6. The van der Waals surface area contributed by atoms with Gasteiger partial charge in [-0.3, -0.25) is 9.80 Å². The fourth-order valence-corrected chi connectivity index (χ4v) is 4.47. The van der Waals surface area contributed by atoms with Crippen LogP contribution in [0.15, 0.2) is 51.7 Å². The van der Waals surface area contributed by atoms with E-state index in [4.69, 9.17) is 13.9 Å². The van der Waals surface area contributed by atoms with Gasteiger partial charge in [0, 0.05) is 50.7 Å². The van der Waals surface area contributed by atoms with Crippen LogP contribution in [0.3, 0.4) is 0 Å². The monoisotopic (exact) mass is 434 g/mol. The summed E-state index contributed by atoms with van der Waals surface area (Å²) in [4.78, 5) is 17.0. The van der Waals surface area contributed by atoms with E-state index >= 15 is 0 Å². The highest BCUT2D eigenvalue weighted by molar-refractivity contribution is 5.81. The van der Waals surface area contributed by atoms with Crippen molar-refractivity contribution in [3.8, 4) is 11.5 Å². The summed E-state index contributed by atoms with van der Waals surface area (Å²) >= 11 is 0. The molecule has 2 aromatic carbocycles. The number of ether oxygens (including phenoxy) is 2. The minimum atomic E-state index is -0.280. The average molecular weight is 435 g/mol. The second-order valence-corrected chi connectivity index (χ2v) is 9.79. The summed E-state index contributed by atoms with van der Waals surface area (Å²) in [6, 6.07) is 14.0. The van der Waals surface area contributed by atoms with E-state index in [0.29, 0.717) is 12.4 Å². The van der Waals surface area contributed by atoms with Crippen molar-refractivity contribution in [1.82, 2.24) is 9.80 Å². The Bertz CT molecular complexity index is 1190. The molecule has 2 aliphatic rings. The maximum Gasteiger partial charge on any atom is 0.336 e. The van der Waals surface area contributed by atoms with E-state index in [-0.39, 0.29) is 11.0 Å². The minimum absolute atomic E-state index is 0.0436. The van der Waals surface area contributed by atoms with E-state index in [2.05, 4.69) is 54.8 Å². The molecule has 0 N–H and O–H groups in total. The largest absolute Gasteiger partial charge is 0.454 e. The van der Waals surface area contributed by atoms with Crippen molar-refractivity contribution in [3.05, 3.63) is 69.6 Å². The maximum atomic E-state index is 12.2. The number of hydrogen-bond donors (Lipinski definition) is 0. The topological polar surface area (TPSA) is 55.2 Å². The van der Waals surface area contributed by atoms with Crippen LogP contribution < -0.4 is 15.1 Å². The summed E-state index contributed by atoms with van der Waals surface area (Å²) in [5.74, 6) is 1.67. The molecule has 0 radical (unpaired) electrons. The van der Waals surface area contributed by atoms with E-state index in [9.17, 15) is 4.79 Å². The zero-order valence-corrected chi connectivity index (χ0v) is 19.0. The second-order valence-electron chi connectivity index (χ2n) is 9.79. The Kier molecular flexibility index (Phi) is 5.43. The van der Waals surface area contributed by atoms with Gasteiger partial charge in [0.15, 0.2) is 11.5 Å². The third kappa shape index (κ3) is 4.38. The van der Waals surface area contributed by atoms with Gasteiger partial charge in [0.1, 0.15) is 5.58 Å². The van der Waals surface area contributed by atoms with Crippen molar-refractivity contribution in [2.45, 2.75) is 39.3 Å². The average Bonchev–Trinajstić information content (AvgIpc) is 3.22. The molecule has 2 aliphatic heterocycles. The molecule has 3 heterocycles. The molecule has 5 rings (SSSR count). The van der Waals surface area contributed by atoms with Crippen LogP contribution in [0.4, 0.5) is 0 Å². The van der Waals surface area contributed by atoms with Crippen molar-refractivity contribution < 1.29 is 13.9 Å². The van der Waals surface area contributed by atoms with Crippen molar-refractivity contribution in [1.29, 1.82) is 0 Å². The van der Waals surface area contributed by atoms with Gasteiger partial charge in [0.2, 0.25) is 6.79 Å². The maximum absolute atomic E-state index is 12.2. The summed E-state index contributed by atoms with van der Waals surface area (Å²) in [6.07, 6.45) is 0. The van der Waals surface area contributed by atoms with Crippen molar-refractivity contribution >= 4 is 11.0 Å². The SMILES string of the molecule is CC(C)(C)c1ccc2oc(=O)cc(CN3CCN(Cc4ccc5c(c4)OCO5)CC3)c2c1. The molecule has 0 spiro atoms. The number of benzene rings is 2. The lowest BCUT2D eigenvalue weighted by Gasteiger charge is -2.35. The summed E-state index contributed by atoms with van der Waals surface area (Å²) < 4.78 is 16.4. The van der Waals surface area contributed by atoms with Crippen LogP contribution in [0.25, 0.3) is 11.0 Å². The van der Waals surface area contributed by atoms with Gasteiger partial charge in [-0.1, -0.05) is 32.9 Å². The molecular weight excluding hydrogens is 404 g/mol. The second kappa shape index (κ2) is 8.26. The Balaban J connectivity index is 1.27. The number of fused-ring (bicyclic) bond motifs is 2. The lowest BCUT2D eigenvalue weighted by molar-refractivity contribution is 0.122. The molecule has 6 heteroatoms. The van der Waals surface area contributed by atoms with Crippen LogP contribution in [0.2, 0.25) is 0 Å². The molecule has 1 saturated heterocycles. The summed E-state index contributed by atoms with van der Waals surface area (Å²) in [7, 11) is 0. The Hall–Kier alpha value is -2.83. The Labute approximate surface area is 188 Å². The minimum Gasteiger partial charge on any atom is -0.454 e.